The molecule has 1 aromatic rings. The van der Waals surface area contributed by atoms with E-state index in [9.17, 15) is 0 Å². The maximum Gasteiger partial charge on any atom is 0.119 e. The van der Waals surface area contributed by atoms with E-state index in [0.29, 0.717) is 6.10 Å². The minimum absolute atomic E-state index is 0.351. The molecule has 0 heterocycles. The van der Waals surface area contributed by atoms with Crippen LogP contribution in [0.2, 0.25) is 0 Å². The van der Waals surface area contributed by atoms with Crippen molar-refractivity contribution in [3.05, 3.63) is 36.4 Å². The van der Waals surface area contributed by atoms with Gasteiger partial charge in [0.2, 0.25) is 0 Å². The first kappa shape index (κ1) is 11.8. The summed E-state index contributed by atoms with van der Waals surface area (Å²) in [6, 6.07) is 8.08. The lowest BCUT2D eigenvalue weighted by Gasteiger charge is -2.16. The Labute approximate surface area is 92.8 Å². The molecule has 0 saturated carbocycles. The maximum atomic E-state index is 5.87. The van der Waals surface area contributed by atoms with Crippen LogP contribution in [0.25, 0.3) is 6.08 Å². The molecule has 1 atom stereocenters. The minimum Gasteiger partial charge on any atom is -0.490 e. The first-order valence-electron chi connectivity index (χ1n) is 5.69. The van der Waals surface area contributed by atoms with Gasteiger partial charge in [-0.1, -0.05) is 45.1 Å². The van der Waals surface area contributed by atoms with E-state index in [2.05, 4.69) is 20.4 Å². The van der Waals surface area contributed by atoms with Crippen LogP contribution in [0, 0.1) is 0 Å². The molecule has 1 nitrogen and oxygen atoms in total. The van der Waals surface area contributed by atoms with Gasteiger partial charge in [0.25, 0.3) is 0 Å². The molecular weight excluding hydrogens is 184 g/mol. The highest BCUT2D eigenvalue weighted by atomic mass is 16.5. The van der Waals surface area contributed by atoms with Gasteiger partial charge in [0.05, 0.1) is 6.10 Å². The molecule has 0 N–H and O–H groups in total. The van der Waals surface area contributed by atoms with Crippen LogP contribution >= 0.6 is 0 Å². The van der Waals surface area contributed by atoms with Crippen LogP contribution in [0.5, 0.6) is 5.75 Å². The summed E-state index contributed by atoms with van der Waals surface area (Å²) < 4.78 is 5.87. The zero-order valence-corrected chi connectivity index (χ0v) is 9.70. The molecular formula is C14H20O. The van der Waals surface area contributed by atoms with Crippen LogP contribution in [-0.2, 0) is 0 Å². The van der Waals surface area contributed by atoms with Crippen molar-refractivity contribution in [2.45, 2.75) is 39.2 Å². The average Bonchev–Trinajstić information content (AvgIpc) is 2.29. The van der Waals surface area contributed by atoms with Crippen molar-refractivity contribution in [1.29, 1.82) is 0 Å². The van der Waals surface area contributed by atoms with E-state index in [4.69, 9.17) is 4.74 Å². The van der Waals surface area contributed by atoms with Gasteiger partial charge in [-0.05, 0) is 30.5 Å². The first-order valence-corrected chi connectivity index (χ1v) is 5.69. The van der Waals surface area contributed by atoms with Crippen molar-refractivity contribution >= 4 is 6.08 Å². The van der Waals surface area contributed by atoms with E-state index in [0.717, 1.165) is 24.2 Å². The molecule has 0 fully saturated rings. The zero-order valence-electron chi connectivity index (χ0n) is 9.70. The smallest absolute Gasteiger partial charge is 0.119 e. The SMILES string of the molecule is C=Cc1ccc(OC(CC)CCC)cc1. The highest BCUT2D eigenvalue weighted by Crippen LogP contribution is 2.17. The number of hydrogen-bond donors (Lipinski definition) is 0. The molecule has 0 amide bonds. The third kappa shape index (κ3) is 3.78. The Hall–Kier alpha value is -1.24. The van der Waals surface area contributed by atoms with Gasteiger partial charge in [-0.3, -0.25) is 0 Å². The van der Waals surface area contributed by atoms with Gasteiger partial charge in [0, 0.05) is 0 Å². The summed E-state index contributed by atoms with van der Waals surface area (Å²) in [5.41, 5.74) is 1.13. The Morgan fingerprint density at radius 3 is 2.40 bits per heavy atom. The number of benzene rings is 1. The molecule has 0 aliphatic heterocycles. The van der Waals surface area contributed by atoms with Crippen molar-refractivity contribution in [3.8, 4) is 5.75 Å². The second-order valence-electron chi connectivity index (χ2n) is 3.71. The fourth-order valence-electron chi connectivity index (χ4n) is 1.54. The molecule has 0 bridgehead atoms. The van der Waals surface area contributed by atoms with Crippen molar-refractivity contribution in [3.63, 3.8) is 0 Å². The monoisotopic (exact) mass is 204 g/mol. The normalized spacial score (nSPS) is 12.1. The fourth-order valence-corrected chi connectivity index (χ4v) is 1.54. The largest absolute Gasteiger partial charge is 0.490 e. The molecule has 0 spiro atoms. The van der Waals surface area contributed by atoms with Gasteiger partial charge >= 0.3 is 0 Å². The molecule has 1 aromatic carbocycles. The summed E-state index contributed by atoms with van der Waals surface area (Å²) in [7, 11) is 0. The van der Waals surface area contributed by atoms with Crippen molar-refractivity contribution < 1.29 is 4.74 Å². The van der Waals surface area contributed by atoms with Gasteiger partial charge in [-0.25, -0.2) is 0 Å². The molecule has 0 aliphatic rings. The van der Waals surface area contributed by atoms with Crippen LogP contribution < -0.4 is 4.74 Å². The Morgan fingerprint density at radius 2 is 1.93 bits per heavy atom. The van der Waals surface area contributed by atoms with E-state index >= 15 is 0 Å². The van der Waals surface area contributed by atoms with Gasteiger partial charge in [-0.15, -0.1) is 0 Å². The van der Waals surface area contributed by atoms with E-state index in [1.54, 1.807) is 0 Å². The lowest BCUT2D eigenvalue weighted by molar-refractivity contribution is 0.186. The second-order valence-corrected chi connectivity index (χ2v) is 3.71. The van der Waals surface area contributed by atoms with Crippen molar-refractivity contribution in [2.75, 3.05) is 0 Å². The van der Waals surface area contributed by atoms with Crippen LogP contribution in [0.1, 0.15) is 38.7 Å². The molecule has 0 aromatic heterocycles. The Kier molecular flexibility index (Phi) is 4.96. The van der Waals surface area contributed by atoms with Gasteiger partial charge < -0.3 is 4.74 Å². The topological polar surface area (TPSA) is 9.23 Å². The predicted molar refractivity (Wildman–Crippen MR) is 66.1 cm³/mol. The number of rotatable bonds is 6. The van der Waals surface area contributed by atoms with Crippen LogP contribution in [0.4, 0.5) is 0 Å². The van der Waals surface area contributed by atoms with Crippen molar-refractivity contribution in [2.24, 2.45) is 0 Å². The Balaban J connectivity index is 2.58. The Bertz CT molecular complexity index is 287. The molecule has 0 radical (unpaired) electrons. The molecule has 82 valence electrons. The van der Waals surface area contributed by atoms with E-state index in [1.165, 1.54) is 6.42 Å². The maximum absolute atomic E-state index is 5.87. The molecule has 0 aliphatic carbocycles. The summed E-state index contributed by atoms with van der Waals surface area (Å²) in [6.07, 6.45) is 5.55. The number of hydrogen-bond acceptors (Lipinski definition) is 1. The molecule has 15 heavy (non-hydrogen) atoms. The minimum atomic E-state index is 0.351. The molecule has 1 rings (SSSR count). The highest BCUT2D eigenvalue weighted by Gasteiger charge is 2.05. The Morgan fingerprint density at radius 1 is 1.27 bits per heavy atom. The lowest BCUT2D eigenvalue weighted by atomic mass is 10.1. The summed E-state index contributed by atoms with van der Waals surface area (Å²) >= 11 is 0. The summed E-state index contributed by atoms with van der Waals surface area (Å²) in [5, 5.41) is 0. The first-order chi connectivity index (χ1) is 7.30. The third-order valence-electron chi connectivity index (χ3n) is 2.48. The zero-order chi connectivity index (χ0) is 11.1. The van der Waals surface area contributed by atoms with Crippen LogP contribution in [-0.4, -0.2) is 6.10 Å². The van der Waals surface area contributed by atoms with Crippen LogP contribution in [0.15, 0.2) is 30.8 Å². The summed E-state index contributed by atoms with van der Waals surface area (Å²) in [5.74, 6) is 0.959. The van der Waals surface area contributed by atoms with Gasteiger partial charge in [0.15, 0.2) is 0 Å². The summed E-state index contributed by atoms with van der Waals surface area (Å²) in [4.78, 5) is 0. The van der Waals surface area contributed by atoms with E-state index in [-0.39, 0.29) is 0 Å². The van der Waals surface area contributed by atoms with Crippen LogP contribution in [0.3, 0.4) is 0 Å². The summed E-state index contributed by atoms with van der Waals surface area (Å²) in [6.45, 7) is 8.08. The fraction of sp³-hybridized carbons (Fsp3) is 0.429. The second kappa shape index (κ2) is 6.28. The number of ether oxygens (including phenoxy) is 1. The lowest BCUT2D eigenvalue weighted by Crippen LogP contribution is -2.14. The quantitative estimate of drug-likeness (QED) is 0.671. The van der Waals surface area contributed by atoms with E-state index in [1.807, 2.05) is 30.3 Å². The average molecular weight is 204 g/mol. The van der Waals surface area contributed by atoms with E-state index < -0.39 is 0 Å². The van der Waals surface area contributed by atoms with Gasteiger partial charge in [0.1, 0.15) is 5.75 Å². The molecule has 0 saturated heterocycles. The highest BCUT2D eigenvalue weighted by molar-refractivity contribution is 5.48. The van der Waals surface area contributed by atoms with Crippen molar-refractivity contribution in [1.82, 2.24) is 0 Å². The van der Waals surface area contributed by atoms with Gasteiger partial charge in [-0.2, -0.15) is 0 Å². The standard InChI is InChI=1S/C14H20O/c1-4-7-13(6-3)15-14-10-8-12(5-2)9-11-14/h5,8-11,13H,2,4,6-7H2,1,3H3. The predicted octanol–water partition coefficient (Wildman–Crippen LogP) is 4.29. The third-order valence-corrected chi connectivity index (χ3v) is 2.48. The molecule has 1 unspecified atom stereocenters. The molecule has 1 heteroatoms.